The molecule has 8 nitrogen and oxygen atoms in total. The molecule has 170 valence electrons. The van der Waals surface area contributed by atoms with Crippen molar-refractivity contribution in [3.63, 3.8) is 0 Å². The normalized spacial score (nSPS) is 17.2. The predicted molar refractivity (Wildman–Crippen MR) is 131 cm³/mol. The quantitative estimate of drug-likeness (QED) is 0.452. The van der Waals surface area contributed by atoms with Crippen molar-refractivity contribution >= 4 is 34.3 Å². The summed E-state index contributed by atoms with van der Waals surface area (Å²) in [6, 6.07) is 6.76. The molecule has 2 aliphatic rings. The van der Waals surface area contributed by atoms with Gasteiger partial charge in [0.05, 0.1) is 25.2 Å². The highest BCUT2D eigenvalue weighted by Crippen LogP contribution is 2.33. The van der Waals surface area contributed by atoms with Crippen LogP contribution >= 0.6 is 11.3 Å². The highest BCUT2D eigenvalue weighted by molar-refractivity contribution is 7.08. The summed E-state index contributed by atoms with van der Waals surface area (Å²) < 4.78 is 7.79. The van der Waals surface area contributed by atoms with E-state index in [1.54, 1.807) is 11.3 Å². The maximum atomic E-state index is 5.53. The van der Waals surface area contributed by atoms with Crippen molar-refractivity contribution in [1.82, 2.24) is 24.5 Å². The van der Waals surface area contributed by atoms with E-state index in [0.29, 0.717) is 25.8 Å². The molecule has 1 saturated heterocycles. The second kappa shape index (κ2) is 9.07. The van der Waals surface area contributed by atoms with Gasteiger partial charge in [-0.1, -0.05) is 18.9 Å². The third-order valence-electron chi connectivity index (χ3n) is 6.52. The predicted octanol–water partition coefficient (Wildman–Crippen LogP) is 4.51. The molecule has 4 aromatic heterocycles. The lowest BCUT2D eigenvalue weighted by Crippen LogP contribution is -2.37. The Kier molecular flexibility index (Phi) is 5.65. The van der Waals surface area contributed by atoms with Crippen molar-refractivity contribution < 1.29 is 4.74 Å². The van der Waals surface area contributed by atoms with Gasteiger partial charge in [0.1, 0.15) is 0 Å². The minimum Gasteiger partial charge on any atom is -0.378 e. The zero-order valence-electron chi connectivity index (χ0n) is 18.5. The van der Waals surface area contributed by atoms with Crippen molar-refractivity contribution in [2.45, 2.75) is 38.3 Å². The maximum absolute atomic E-state index is 5.53. The Morgan fingerprint density at radius 2 is 1.94 bits per heavy atom. The third-order valence-corrected chi connectivity index (χ3v) is 7.21. The van der Waals surface area contributed by atoms with Crippen LogP contribution in [-0.4, -0.2) is 50.8 Å². The lowest BCUT2D eigenvalue weighted by atomic mass is 10.2. The minimum absolute atomic E-state index is 0.476. The fraction of sp³-hybridized carbons (Fsp3) is 0.417. The molecule has 4 aromatic rings. The molecule has 1 N–H and O–H groups in total. The van der Waals surface area contributed by atoms with E-state index in [1.165, 1.54) is 25.7 Å². The van der Waals surface area contributed by atoms with E-state index in [4.69, 9.17) is 19.7 Å². The smallest absolute Gasteiger partial charge is 0.229 e. The first kappa shape index (κ1) is 20.6. The SMILES string of the molecule is c1cc(-c2ccc(CNc3nc(N4CCOCC4)nc4c3ncn4C3CCCC3)cn2)cs1. The Balaban J connectivity index is 1.29. The summed E-state index contributed by atoms with van der Waals surface area (Å²) in [6.07, 6.45) is 8.79. The minimum atomic E-state index is 0.476. The number of nitrogens with zero attached hydrogens (tertiary/aromatic N) is 6. The Bertz CT molecular complexity index is 1210. The number of aromatic nitrogens is 5. The van der Waals surface area contributed by atoms with Crippen LogP contribution in [0.3, 0.4) is 0 Å². The van der Waals surface area contributed by atoms with Gasteiger partial charge in [-0.05, 0) is 35.9 Å². The molecule has 0 radical (unpaired) electrons. The number of anilines is 2. The molecule has 1 saturated carbocycles. The van der Waals surface area contributed by atoms with Crippen LogP contribution < -0.4 is 10.2 Å². The monoisotopic (exact) mass is 461 g/mol. The summed E-state index contributed by atoms with van der Waals surface area (Å²) in [7, 11) is 0. The number of fused-ring (bicyclic) bond motifs is 1. The molecule has 6 rings (SSSR count). The highest BCUT2D eigenvalue weighted by atomic mass is 32.1. The molecular weight excluding hydrogens is 434 g/mol. The number of imidazole rings is 1. The van der Waals surface area contributed by atoms with Gasteiger partial charge in [0.25, 0.3) is 0 Å². The molecule has 0 amide bonds. The number of morpholine rings is 1. The van der Waals surface area contributed by atoms with Crippen molar-refractivity contribution in [2.24, 2.45) is 0 Å². The van der Waals surface area contributed by atoms with Crippen molar-refractivity contribution in [3.05, 3.63) is 47.0 Å². The molecule has 0 bridgehead atoms. The number of nitrogens with one attached hydrogen (secondary N) is 1. The van der Waals surface area contributed by atoms with Crippen LogP contribution in [0.2, 0.25) is 0 Å². The average Bonchev–Trinajstić information content (AvgIpc) is 3.65. The first-order valence-corrected chi connectivity index (χ1v) is 12.6. The Morgan fingerprint density at radius 1 is 1.06 bits per heavy atom. The molecule has 5 heterocycles. The van der Waals surface area contributed by atoms with Crippen LogP contribution in [0.25, 0.3) is 22.4 Å². The molecule has 1 aliphatic carbocycles. The lowest BCUT2D eigenvalue weighted by Gasteiger charge is -2.27. The zero-order chi connectivity index (χ0) is 22.0. The standard InChI is InChI=1S/C24H27N7OS/c1-2-4-19(3-1)31-16-27-21-22(28-24(29-23(21)31)30-8-10-32-11-9-30)26-14-17-5-6-20(25-13-17)18-7-12-33-15-18/h5-7,12-13,15-16,19H,1-4,8-11,14H2,(H,26,28,29). The summed E-state index contributed by atoms with van der Waals surface area (Å²) >= 11 is 1.68. The van der Waals surface area contributed by atoms with Crippen molar-refractivity contribution in [2.75, 3.05) is 36.5 Å². The van der Waals surface area contributed by atoms with Gasteiger partial charge < -0.3 is 19.5 Å². The summed E-state index contributed by atoms with van der Waals surface area (Å²) in [5, 5.41) is 7.71. The summed E-state index contributed by atoms with van der Waals surface area (Å²) in [4.78, 5) is 21.4. The summed E-state index contributed by atoms with van der Waals surface area (Å²) in [6.45, 7) is 3.64. The van der Waals surface area contributed by atoms with Gasteiger partial charge in [0.15, 0.2) is 17.0 Å². The molecule has 33 heavy (non-hydrogen) atoms. The largest absolute Gasteiger partial charge is 0.378 e. The van der Waals surface area contributed by atoms with E-state index in [9.17, 15) is 0 Å². The second-order valence-corrected chi connectivity index (χ2v) is 9.43. The van der Waals surface area contributed by atoms with E-state index in [0.717, 1.165) is 52.8 Å². The van der Waals surface area contributed by atoms with Gasteiger partial charge in [-0.15, -0.1) is 0 Å². The van der Waals surface area contributed by atoms with Crippen LogP contribution in [-0.2, 0) is 11.3 Å². The van der Waals surface area contributed by atoms with Crippen LogP contribution in [0, 0.1) is 0 Å². The number of hydrogen-bond acceptors (Lipinski definition) is 8. The van der Waals surface area contributed by atoms with Crippen molar-refractivity contribution in [1.29, 1.82) is 0 Å². The molecule has 0 spiro atoms. The Hall–Kier alpha value is -3.04. The molecule has 2 fully saturated rings. The number of rotatable bonds is 6. The lowest BCUT2D eigenvalue weighted by molar-refractivity contribution is 0.122. The summed E-state index contributed by atoms with van der Waals surface area (Å²) in [5.74, 6) is 1.53. The first-order chi connectivity index (χ1) is 16.3. The van der Waals surface area contributed by atoms with Gasteiger partial charge in [0.2, 0.25) is 5.95 Å². The number of pyridine rings is 1. The maximum Gasteiger partial charge on any atom is 0.229 e. The van der Waals surface area contributed by atoms with E-state index >= 15 is 0 Å². The molecule has 0 aromatic carbocycles. The second-order valence-electron chi connectivity index (χ2n) is 8.65. The Labute approximate surface area is 196 Å². The molecule has 0 atom stereocenters. The Morgan fingerprint density at radius 3 is 2.70 bits per heavy atom. The zero-order valence-corrected chi connectivity index (χ0v) is 19.3. The van der Waals surface area contributed by atoms with E-state index in [2.05, 4.69) is 48.7 Å². The van der Waals surface area contributed by atoms with Crippen LogP contribution in [0.5, 0.6) is 0 Å². The first-order valence-electron chi connectivity index (χ1n) is 11.6. The number of thiophene rings is 1. The highest BCUT2D eigenvalue weighted by Gasteiger charge is 2.23. The fourth-order valence-electron chi connectivity index (χ4n) is 4.68. The van der Waals surface area contributed by atoms with Crippen LogP contribution in [0.1, 0.15) is 37.3 Å². The van der Waals surface area contributed by atoms with Gasteiger partial charge in [-0.3, -0.25) is 4.98 Å². The average molecular weight is 462 g/mol. The molecule has 1 aliphatic heterocycles. The molecular formula is C24H27N7OS. The summed E-state index contributed by atoms with van der Waals surface area (Å²) in [5.41, 5.74) is 5.01. The van der Waals surface area contributed by atoms with E-state index in [-0.39, 0.29) is 0 Å². The van der Waals surface area contributed by atoms with Gasteiger partial charge >= 0.3 is 0 Å². The van der Waals surface area contributed by atoms with E-state index < -0.39 is 0 Å². The van der Waals surface area contributed by atoms with Gasteiger partial charge in [0, 0.05) is 42.8 Å². The van der Waals surface area contributed by atoms with Crippen LogP contribution in [0.15, 0.2) is 41.5 Å². The van der Waals surface area contributed by atoms with E-state index in [1.807, 2.05) is 12.5 Å². The fourth-order valence-corrected chi connectivity index (χ4v) is 5.33. The van der Waals surface area contributed by atoms with Gasteiger partial charge in [-0.2, -0.15) is 21.3 Å². The van der Waals surface area contributed by atoms with Crippen molar-refractivity contribution in [3.8, 4) is 11.3 Å². The topological polar surface area (TPSA) is 81.0 Å². The number of ether oxygens (including phenoxy) is 1. The van der Waals surface area contributed by atoms with Crippen LogP contribution in [0.4, 0.5) is 11.8 Å². The van der Waals surface area contributed by atoms with Gasteiger partial charge in [-0.25, -0.2) is 4.98 Å². The third kappa shape index (κ3) is 4.18. The number of hydrogen-bond donors (Lipinski definition) is 1. The molecule has 0 unspecified atom stereocenters. The molecule has 9 heteroatoms.